The van der Waals surface area contributed by atoms with Crippen LogP contribution in [-0.4, -0.2) is 47.6 Å². The Morgan fingerprint density at radius 1 is 1.19 bits per heavy atom. The van der Waals surface area contributed by atoms with Crippen LogP contribution in [0.4, 0.5) is 18.0 Å². The Kier molecular flexibility index (Phi) is 6.22. The van der Waals surface area contributed by atoms with Gasteiger partial charge in [-0.3, -0.25) is 4.79 Å². The molecule has 0 aromatic heterocycles. The number of hydrogen-bond acceptors (Lipinski definition) is 6. The predicted molar refractivity (Wildman–Crippen MR) is 106 cm³/mol. The molecule has 2 amide bonds. The maximum absolute atomic E-state index is 14.0. The smallest absolute Gasteiger partial charge is 0.437 e. The number of carbonyl (C=O) groups excluding carboxylic acids is 2. The molecule has 3 atom stereocenters. The SMILES string of the molecule is CCOc1cc([C@H]2NC(=O)N[C@@](O)(C(F)(F)F)[C@H]2C(=O)c2ccc(OC)cc2)ccc1O. The van der Waals surface area contributed by atoms with Crippen LogP contribution in [0.1, 0.15) is 28.9 Å². The first-order chi connectivity index (χ1) is 15.0. The summed E-state index contributed by atoms with van der Waals surface area (Å²) in [5.41, 5.74) is -3.97. The van der Waals surface area contributed by atoms with Crippen molar-refractivity contribution >= 4 is 11.8 Å². The van der Waals surface area contributed by atoms with Gasteiger partial charge in [0.2, 0.25) is 5.72 Å². The molecular weight excluding hydrogens is 433 g/mol. The number of phenolic OH excluding ortho intramolecular Hbond substituents is 1. The van der Waals surface area contributed by atoms with E-state index in [2.05, 4.69) is 5.32 Å². The zero-order valence-electron chi connectivity index (χ0n) is 17.1. The van der Waals surface area contributed by atoms with Crippen LogP contribution in [0.2, 0.25) is 0 Å². The van der Waals surface area contributed by atoms with Gasteiger partial charge < -0.3 is 30.3 Å². The Morgan fingerprint density at radius 3 is 2.41 bits per heavy atom. The van der Waals surface area contributed by atoms with Gasteiger partial charge in [0, 0.05) is 5.56 Å². The molecule has 1 aliphatic heterocycles. The molecular formula is C21H21F3N2O6. The third-order valence-electron chi connectivity index (χ3n) is 5.11. The van der Waals surface area contributed by atoms with E-state index < -0.39 is 35.7 Å². The van der Waals surface area contributed by atoms with Gasteiger partial charge in [-0.05, 0) is 48.9 Å². The molecule has 0 radical (unpaired) electrons. The minimum atomic E-state index is -5.38. The number of aromatic hydroxyl groups is 1. The number of benzene rings is 2. The minimum absolute atomic E-state index is 0.0237. The summed E-state index contributed by atoms with van der Waals surface area (Å²) in [6.45, 7) is 1.78. The summed E-state index contributed by atoms with van der Waals surface area (Å²) in [6, 6.07) is 5.98. The van der Waals surface area contributed by atoms with Gasteiger partial charge in [-0.15, -0.1) is 0 Å². The van der Waals surface area contributed by atoms with Gasteiger partial charge in [0.05, 0.1) is 19.8 Å². The number of aliphatic hydroxyl groups is 1. The fraction of sp³-hybridized carbons (Fsp3) is 0.333. The van der Waals surface area contributed by atoms with Gasteiger partial charge in [0.25, 0.3) is 0 Å². The highest BCUT2D eigenvalue weighted by atomic mass is 19.4. The molecule has 0 aliphatic carbocycles. The lowest BCUT2D eigenvalue weighted by molar-refractivity contribution is -0.287. The molecule has 32 heavy (non-hydrogen) atoms. The van der Waals surface area contributed by atoms with Crippen LogP contribution >= 0.6 is 0 Å². The summed E-state index contributed by atoms with van der Waals surface area (Å²) in [4.78, 5) is 25.3. The summed E-state index contributed by atoms with van der Waals surface area (Å²) in [5, 5.41) is 24.3. The van der Waals surface area contributed by atoms with Crippen molar-refractivity contribution in [1.29, 1.82) is 0 Å². The monoisotopic (exact) mass is 454 g/mol. The zero-order chi connectivity index (χ0) is 23.7. The van der Waals surface area contributed by atoms with Crippen molar-refractivity contribution in [2.75, 3.05) is 13.7 Å². The molecule has 172 valence electrons. The van der Waals surface area contributed by atoms with Crippen molar-refractivity contribution in [3.8, 4) is 17.2 Å². The number of phenols is 1. The molecule has 1 saturated heterocycles. The molecule has 4 N–H and O–H groups in total. The van der Waals surface area contributed by atoms with E-state index in [9.17, 15) is 33.0 Å². The van der Waals surface area contributed by atoms with Crippen LogP contribution in [0.5, 0.6) is 17.2 Å². The van der Waals surface area contributed by atoms with Crippen LogP contribution in [0, 0.1) is 5.92 Å². The molecule has 0 unspecified atom stereocenters. The van der Waals surface area contributed by atoms with Gasteiger partial charge in [-0.1, -0.05) is 6.07 Å². The summed E-state index contributed by atoms with van der Waals surface area (Å²) < 4.78 is 52.2. The molecule has 0 saturated carbocycles. The second-order valence-electron chi connectivity index (χ2n) is 7.07. The van der Waals surface area contributed by atoms with Gasteiger partial charge >= 0.3 is 12.2 Å². The van der Waals surface area contributed by atoms with Crippen LogP contribution in [0.15, 0.2) is 42.5 Å². The molecule has 0 bridgehead atoms. The molecule has 1 fully saturated rings. The number of nitrogens with one attached hydrogen (secondary N) is 2. The lowest BCUT2D eigenvalue weighted by Crippen LogP contribution is -2.72. The molecule has 3 rings (SSSR count). The van der Waals surface area contributed by atoms with Crippen LogP contribution < -0.4 is 20.1 Å². The van der Waals surface area contributed by atoms with Gasteiger partial charge in [0.1, 0.15) is 11.7 Å². The fourth-order valence-corrected chi connectivity index (χ4v) is 3.55. The number of hydrogen-bond donors (Lipinski definition) is 4. The first-order valence-corrected chi connectivity index (χ1v) is 9.53. The van der Waals surface area contributed by atoms with Gasteiger partial charge in [0.15, 0.2) is 17.3 Å². The maximum atomic E-state index is 14.0. The van der Waals surface area contributed by atoms with Gasteiger partial charge in [-0.25, -0.2) is 4.79 Å². The number of carbonyl (C=O) groups is 2. The van der Waals surface area contributed by atoms with Crippen molar-refractivity contribution in [3.63, 3.8) is 0 Å². The molecule has 0 spiro atoms. The number of Topliss-reactive ketones (excluding diaryl/α,β-unsaturated/α-hetero) is 1. The first-order valence-electron chi connectivity index (χ1n) is 9.53. The van der Waals surface area contributed by atoms with Crippen molar-refractivity contribution < 1.29 is 42.4 Å². The zero-order valence-corrected chi connectivity index (χ0v) is 17.1. The van der Waals surface area contributed by atoms with E-state index in [1.807, 2.05) is 0 Å². The molecule has 1 heterocycles. The summed E-state index contributed by atoms with van der Waals surface area (Å²) >= 11 is 0. The normalized spacial score (nSPS) is 23.1. The van der Waals surface area contributed by atoms with Crippen LogP contribution in [0.3, 0.4) is 0 Å². The lowest BCUT2D eigenvalue weighted by atomic mass is 9.77. The number of urea groups is 1. The molecule has 1 aliphatic rings. The maximum Gasteiger partial charge on any atom is 0.437 e. The van der Waals surface area contributed by atoms with E-state index in [4.69, 9.17) is 9.47 Å². The number of halogens is 3. The predicted octanol–water partition coefficient (Wildman–Crippen LogP) is 2.90. The van der Waals surface area contributed by atoms with E-state index >= 15 is 0 Å². The van der Waals surface area contributed by atoms with Crippen molar-refractivity contribution in [3.05, 3.63) is 53.6 Å². The topological polar surface area (TPSA) is 117 Å². The third kappa shape index (κ3) is 4.15. The Bertz CT molecular complexity index is 1010. The largest absolute Gasteiger partial charge is 0.504 e. The number of amides is 2. The molecule has 2 aromatic rings. The fourth-order valence-electron chi connectivity index (χ4n) is 3.55. The van der Waals surface area contributed by atoms with E-state index in [0.29, 0.717) is 5.75 Å². The van der Waals surface area contributed by atoms with Crippen molar-refractivity contribution in [2.45, 2.75) is 24.9 Å². The molecule has 11 heteroatoms. The van der Waals surface area contributed by atoms with Crippen LogP contribution in [-0.2, 0) is 0 Å². The highest BCUT2D eigenvalue weighted by molar-refractivity contribution is 6.00. The number of alkyl halides is 3. The van der Waals surface area contributed by atoms with Crippen molar-refractivity contribution in [1.82, 2.24) is 10.6 Å². The summed E-state index contributed by atoms with van der Waals surface area (Å²) in [6.07, 6.45) is -5.38. The van der Waals surface area contributed by atoms with Crippen LogP contribution in [0.25, 0.3) is 0 Å². The third-order valence-corrected chi connectivity index (χ3v) is 5.11. The van der Waals surface area contributed by atoms with E-state index in [1.54, 1.807) is 6.92 Å². The molecule has 2 aromatic carbocycles. The highest BCUT2D eigenvalue weighted by Crippen LogP contribution is 2.45. The Balaban J connectivity index is 2.15. The number of ketones is 1. The second kappa shape index (κ2) is 8.58. The van der Waals surface area contributed by atoms with E-state index in [0.717, 1.165) is 6.07 Å². The number of rotatable bonds is 6. The number of ether oxygens (including phenoxy) is 2. The Morgan fingerprint density at radius 2 is 1.84 bits per heavy atom. The summed E-state index contributed by atoms with van der Waals surface area (Å²) in [5.74, 6) is -3.23. The van der Waals surface area contributed by atoms with E-state index in [-0.39, 0.29) is 29.2 Å². The lowest BCUT2D eigenvalue weighted by Gasteiger charge is -2.45. The Hall–Kier alpha value is -3.47. The average molecular weight is 454 g/mol. The number of methoxy groups -OCH3 is 1. The average Bonchev–Trinajstić information content (AvgIpc) is 2.74. The van der Waals surface area contributed by atoms with E-state index in [1.165, 1.54) is 48.8 Å². The van der Waals surface area contributed by atoms with Crippen molar-refractivity contribution in [2.24, 2.45) is 5.92 Å². The minimum Gasteiger partial charge on any atom is -0.504 e. The quantitative estimate of drug-likeness (QED) is 0.499. The summed E-state index contributed by atoms with van der Waals surface area (Å²) in [7, 11) is 1.39. The first kappa shape index (κ1) is 23.2. The Labute approximate surface area is 181 Å². The standard InChI is InChI=1S/C21H21F3N2O6/c1-3-32-15-10-12(6-9-14(15)27)17-16(18(28)11-4-7-13(31-2)8-5-11)20(30,21(22,23)24)26-19(29)25-17/h4-10,16-17,27,30H,3H2,1-2H3,(H2,25,26,29)/t16-,17-,20+/m1/s1. The van der Waals surface area contributed by atoms with Gasteiger partial charge in [-0.2, -0.15) is 13.2 Å². The highest BCUT2D eigenvalue weighted by Gasteiger charge is 2.66. The second-order valence-corrected chi connectivity index (χ2v) is 7.07. The molecule has 8 nitrogen and oxygen atoms in total.